The summed E-state index contributed by atoms with van der Waals surface area (Å²) in [6.45, 7) is 4.17. The van der Waals surface area contributed by atoms with Gasteiger partial charge in [-0.3, -0.25) is 4.79 Å². The molecule has 1 aromatic carbocycles. The number of anilines is 2. The zero-order valence-electron chi connectivity index (χ0n) is 12.3. The van der Waals surface area contributed by atoms with Crippen LogP contribution in [0.5, 0.6) is 0 Å². The van der Waals surface area contributed by atoms with Gasteiger partial charge in [-0.1, -0.05) is 12.1 Å². The first kappa shape index (κ1) is 15.5. The maximum Gasteiger partial charge on any atom is 0.253 e. The minimum atomic E-state index is -0.495. The first-order chi connectivity index (χ1) is 10.1. The lowest BCUT2D eigenvalue weighted by Crippen LogP contribution is -2.28. The van der Waals surface area contributed by atoms with E-state index in [-0.39, 0.29) is 5.91 Å². The number of hydrogen-bond acceptors (Lipinski definition) is 4. The lowest BCUT2D eigenvalue weighted by Gasteiger charge is -2.15. The highest BCUT2D eigenvalue weighted by molar-refractivity contribution is 7.09. The molecule has 3 N–H and O–H groups in total. The smallest absolute Gasteiger partial charge is 0.253 e. The highest BCUT2D eigenvalue weighted by atomic mass is 32.1. The van der Waals surface area contributed by atoms with Crippen LogP contribution in [0.3, 0.4) is 0 Å². The number of rotatable bonds is 6. The van der Waals surface area contributed by atoms with E-state index >= 15 is 0 Å². The first-order valence-corrected chi connectivity index (χ1v) is 7.76. The van der Waals surface area contributed by atoms with E-state index in [2.05, 4.69) is 11.4 Å². The van der Waals surface area contributed by atoms with Gasteiger partial charge in [0.2, 0.25) is 0 Å². The summed E-state index contributed by atoms with van der Waals surface area (Å²) in [6.07, 6.45) is 0.331. The fourth-order valence-corrected chi connectivity index (χ4v) is 2.58. The van der Waals surface area contributed by atoms with E-state index < -0.39 is 6.10 Å². The van der Waals surface area contributed by atoms with Crippen molar-refractivity contribution < 1.29 is 9.53 Å². The van der Waals surface area contributed by atoms with Crippen molar-refractivity contribution in [1.29, 1.82) is 0 Å². The number of carbonyl (C=O) groups excluding carboxylic acids is 1. The van der Waals surface area contributed by atoms with Crippen molar-refractivity contribution in [3.63, 3.8) is 0 Å². The Morgan fingerprint density at radius 2 is 2.19 bits per heavy atom. The standard InChI is InChI=1S/C16H20N2O2S/c1-11-14(17)6-3-7-15(11)18-16(19)12(2)20-9-8-13-5-4-10-21-13/h3-7,10,12H,8-9,17H2,1-2H3,(H,18,19). The molecule has 2 aromatic rings. The highest BCUT2D eigenvalue weighted by Gasteiger charge is 2.14. The number of carbonyl (C=O) groups is 1. The van der Waals surface area contributed by atoms with Crippen LogP contribution >= 0.6 is 11.3 Å². The monoisotopic (exact) mass is 304 g/mol. The van der Waals surface area contributed by atoms with E-state index in [1.54, 1.807) is 18.3 Å². The number of nitrogen functional groups attached to an aromatic ring is 1. The van der Waals surface area contributed by atoms with E-state index in [1.165, 1.54) is 4.88 Å². The highest BCUT2D eigenvalue weighted by Crippen LogP contribution is 2.20. The fourth-order valence-electron chi connectivity index (χ4n) is 1.89. The Bertz CT molecular complexity index is 596. The minimum Gasteiger partial charge on any atom is -0.398 e. The van der Waals surface area contributed by atoms with E-state index in [0.717, 1.165) is 17.7 Å². The molecule has 1 atom stereocenters. The van der Waals surface area contributed by atoms with E-state index in [4.69, 9.17) is 10.5 Å². The summed E-state index contributed by atoms with van der Waals surface area (Å²) in [5, 5.41) is 4.89. The molecule has 0 saturated carbocycles. The second kappa shape index (κ2) is 7.24. The lowest BCUT2D eigenvalue weighted by atomic mass is 10.1. The molecule has 0 fully saturated rings. The first-order valence-electron chi connectivity index (χ1n) is 6.88. The number of nitrogens with one attached hydrogen (secondary N) is 1. The molecular formula is C16H20N2O2S. The predicted molar refractivity (Wildman–Crippen MR) is 87.7 cm³/mol. The molecular weight excluding hydrogens is 284 g/mol. The molecule has 21 heavy (non-hydrogen) atoms. The quantitative estimate of drug-likeness (QED) is 0.805. The van der Waals surface area contributed by atoms with Crippen LogP contribution in [0.4, 0.5) is 11.4 Å². The van der Waals surface area contributed by atoms with Crippen molar-refractivity contribution in [2.75, 3.05) is 17.7 Å². The summed E-state index contributed by atoms with van der Waals surface area (Å²) in [4.78, 5) is 13.4. The van der Waals surface area contributed by atoms with Gasteiger partial charge in [0, 0.05) is 22.7 Å². The van der Waals surface area contributed by atoms with Crippen molar-refractivity contribution >= 4 is 28.6 Å². The Balaban J connectivity index is 1.83. The summed E-state index contributed by atoms with van der Waals surface area (Å²) in [5.41, 5.74) is 8.09. The molecule has 0 aliphatic rings. The molecule has 0 bridgehead atoms. The topological polar surface area (TPSA) is 64.3 Å². The molecule has 0 spiro atoms. The third-order valence-corrected chi connectivity index (χ3v) is 4.24. The van der Waals surface area contributed by atoms with Gasteiger partial charge in [-0.25, -0.2) is 0 Å². The largest absolute Gasteiger partial charge is 0.398 e. The van der Waals surface area contributed by atoms with Crippen molar-refractivity contribution in [1.82, 2.24) is 0 Å². The molecule has 112 valence electrons. The number of amides is 1. The van der Waals surface area contributed by atoms with Crippen LogP contribution in [0, 0.1) is 6.92 Å². The molecule has 1 heterocycles. The maximum absolute atomic E-state index is 12.1. The second-order valence-electron chi connectivity index (χ2n) is 4.85. The van der Waals surface area contributed by atoms with Crippen molar-refractivity contribution in [2.45, 2.75) is 26.4 Å². The molecule has 1 amide bonds. The molecule has 0 aliphatic carbocycles. The number of hydrogen-bond donors (Lipinski definition) is 2. The van der Waals surface area contributed by atoms with Crippen LogP contribution < -0.4 is 11.1 Å². The van der Waals surface area contributed by atoms with Crippen LogP contribution in [0.1, 0.15) is 17.4 Å². The Hall–Kier alpha value is -1.85. The second-order valence-corrected chi connectivity index (χ2v) is 5.88. The van der Waals surface area contributed by atoms with Gasteiger partial charge in [-0.2, -0.15) is 0 Å². The van der Waals surface area contributed by atoms with Crippen LogP contribution in [0.25, 0.3) is 0 Å². The number of thiophene rings is 1. The summed E-state index contributed by atoms with van der Waals surface area (Å²) < 4.78 is 5.58. The van der Waals surface area contributed by atoms with Crippen LogP contribution in [0.15, 0.2) is 35.7 Å². The molecule has 2 rings (SSSR count). The molecule has 0 saturated heterocycles. The summed E-state index contributed by atoms with van der Waals surface area (Å²) in [6, 6.07) is 9.54. The third kappa shape index (κ3) is 4.31. The molecule has 1 aromatic heterocycles. The van der Waals surface area contributed by atoms with Gasteiger partial charge in [0.15, 0.2) is 0 Å². The average Bonchev–Trinajstić information content (AvgIpc) is 2.97. The van der Waals surface area contributed by atoms with E-state index in [9.17, 15) is 4.79 Å². The lowest BCUT2D eigenvalue weighted by molar-refractivity contribution is -0.126. The van der Waals surface area contributed by atoms with Gasteiger partial charge < -0.3 is 15.8 Å². The van der Waals surface area contributed by atoms with Crippen LogP contribution in [-0.2, 0) is 16.0 Å². The number of ether oxygens (including phenoxy) is 1. The van der Waals surface area contributed by atoms with Gasteiger partial charge in [-0.15, -0.1) is 11.3 Å². The SMILES string of the molecule is Cc1c(N)cccc1NC(=O)C(C)OCCc1cccs1. The maximum atomic E-state index is 12.1. The molecule has 1 unspecified atom stereocenters. The molecule has 4 nitrogen and oxygen atoms in total. The van der Waals surface area contributed by atoms with Gasteiger partial charge in [0.1, 0.15) is 6.10 Å². The van der Waals surface area contributed by atoms with Crippen LogP contribution in [0.2, 0.25) is 0 Å². The molecule has 0 radical (unpaired) electrons. The predicted octanol–water partition coefficient (Wildman–Crippen LogP) is 3.23. The zero-order valence-corrected chi connectivity index (χ0v) is 13.1. The number of nitrogens with two attached hydrogens (primary N) is 1. The van der Waals surface area contributed by atoms with Crippen molar-refractivity contribution in [3.05, 3.63) is 46.2 Å². The zero-order chi connectivity index (χ0) is 15.2. The Labute approximate surface area is 128 Å². The Morgan fingerprint density at radius 1 is 1.38 bits per heavy atom. The average molecular weight is 304 g/mol. The van der Waals surface area contributed by atoms with Gasteiger partial charge >= 0.3 is 0 Å². The van der Waals surface area contributed by atoms with Crippen molar-refractivity contribution in [2.24, 2.45) is 0 Å². The Morgan fingerprint density at radius 3 is 2.90 bits per heavy atom. The van der Waals surface area contributed by atoms with Gasteiger partial charge in [0.05, 0.1) is 6.61 Å². The van der Waals surface area contributed by atoms with E-state index in [0.29, 0.717) is 12.3 Å². The van der Waals surface area contributed by atoms with Crippen molar-refractivity contribution in [3.8, 4) is 0 Å². The van der Waals surface area contributed by atoms with Gasteiger partial charge in [-0.05, 0) is 43.0 Å². The van der Waals surface area contributed by atoms with Gasteiger partial charge in [0.25, 0.3) is 5.91 Å². The number of benzene rings is 1. The Kier molecular flexibility index (Phi) is 5.36. The van der Waals surface area contributed by atoms with Crippen LogP contribution in [-0.4, -0.2) is 18.6 Å². The molecule has 0 aliphatic heterocycles. The normalized spacial score (nSPS) is 12.1. The fraction of sp³-hybridized carbons (Fsp3) is 0.312. The summed E-state index contributed by atoms with van der Waals surface area (Å²) >= 11 is 1.69. The van der Waals surface area contributed by atoms with E-state index in [1.807, 2.05) is 36.6 Å². The summed E-state index contributed by atoms with van der Waals surface area (Å²) in [7, 11) is 0. The third-order valence-electron chi connectivity index (χ3n) is 3.30. The minimum absolute atomic E-state index is 0.158. The molecule has 5 heteroatoms. The summed E-state index contributed by atoms with van der Waals surface area (Å²) in [5.74, 6) is -0.158.